The molecule has 0 N–H and O–H groups in total. The fourth-order valence-corrected chi connectivity index (χ4v) is 3.81. The van der Waals surface area contributed by atoms with E-state index in [0.29, 0.717) is 31.8 Å². The molecule has 138 valence electrons. The number of rotatable bonds is 3. The second-order valence-electron chi connectivity index (χ2n) is 6.86. The first-order valence-corrected chi connectivity index (χ1v) is 9.08. The SMILES string of the molecule is N#Cc1ccc(N2CC[C@@H](N3CCO[C@H](c4ccc(F)cc4)C3)C2=O)cc1. The fraction of sp³-hybridized carbons (Fsp3) is 0.333. The number of hydrogen-bond donors (Lipinski definition) is 0. The highest BCUT2D eigenvalue weighted by Crippen LogP contribution is 2.29. The minimum Gasteiger partial charge on any atom is -0.371 e. The van der Waals surface area contributed by atoms with Crippen molar-refractivity contribution in [1.82, 2.24) is 4.90 Å². The van der Waals surface area contributed by atoms with Crippen LogP contribution >= 0.6 is 0 Å². The Morgan fingerprint density at radius 2 is 1.81 bits per heavy atom. The van der Waals surface area contributed by atoms with Gasteiger partial charge in [-0.15, -0.1) is 0 Å². The van der Waals surface area contributed by atoms with Crippen molar-refractivity contribution in [1.29, 1.82) is 5.26 Å². The minimum atomic E-state index is -0.268. The van der Waals surface area contributed by atoms with E-state index in [1.807, 2.05) is 12.1 Å². The average Bonchev–Trinajstić information content (AvgIpc) is 3.10. The standard InChI is InChI=1S/C21H20FN3O2/c22-17-5-3-16(4-6-17)20-14-24(11-12-27-20)19-9-10-25(21(19)26)18-7-1-15(13-23)2-8-18/h1-8,19-20H,9-12,14H2/t19-,20+/m1/s1. The summed E-state index contributed by atoms with van der Waals surface area (Å²) in [5.41, 5.74) is 2.33. The molecule has 2 aromatic rings. The lowest BCUT2D eigenvalue weighted by molar-refractivity contribution is -0.125. The number of carbonyl (C=O) groups excluding carboxylic acids is 1. The first kappa shape index (κ1) is 17.7. The number of nitrogens with zero attached hydrogens (tertiary/aromatic N) is 3. The van der Waals surface area contributed by atoms with Gasteiger partial charge in [0.15, 0.2) is 0 Å². The Kier molecular flexibility index (Phi) is 4.88. The third-order valence-corrected chi connectivity index (χ3v) is 5.27. The highest BCUT2D eigenvalue weighted by atomic mass is 19.1. The molecule has 4 rings (SSSR count). The zero-order chi connectivity index (χ0) is 18.8. The van der Waals surface area contributed by atoms with Crippen LogP contribution in [0.4, 0.5) is 10.1 Å². The van der Waals surface area contributed by atoms with Gasteiger partial charge < -0.3 is 9.64 Å². The summed E-state index contributed by atoms with van der Waals surface area (Å²) in [6, 6.07) is 15.4. The van der Waals surface area contributed by atoms with Crippen LogP contribution in [0.15, 0.2) is 48.5 Å². The van der Waals surface area contributed by atoms with Crippen molar-refractivity contribution in [3.8, 4) is 6.07 Å². The maximum Gasteiger partial charge on any atom is 0.244 e. The van der Waals surface area contributed by atoms with Crippen molar-refractivity contribution in [2.45, 2.75) is 18.6 Å². The second-order valence-corrected chi connectivity index (χ2v) is 6.86. The maximum atomic E-state index is 13.2. The van der Waals surface area contributed by atoms with Gasteiger partial charge in [0.2, 0.25) is 5.91 Å². The summed E-state index contributed by atoms with van der Waals surface area (Å²) in [5.74, 6) is -0.185. The van der Waals surface area contributed by atoms with Gasteiger partial charge in [-0.05, 0) is 48.4 Å². The zero-order valence-electron chi connectivity index (χ0n) is 14.8. The van der Waals surface area contributed by atoms with E-state index in [0.717, 1.165) is 17.7 Å². The van der Waals surface area contributed by atoms with Crippen molar-refractivity contribution in [3.63, 3.8) is 0 Å². The minimum absolute atomic E-state index is 0.0828. The highest BCUT2D eigenvalue weighted by molar-refractivity contribution is 5.99. The van der Waals surface area contributed by atoms with Crippen LogP contribution in [0, 0.1) is 17.1 Å². The number of halogens is 1. The van der Waals surface area contributed by atoms with Crippen LogP contribution in [0.3, 0.4) is 0 Å². The summed E-state index contributed by atoms with van der Waals surface area (Å²) >= 11 is 0. The van der Waals surface area contributed by atoms with Crippen LogP contribution < -0.4 is 4.90 Å². The molecule has 0 unspecified atom stereocenters. The van der Waals surface area contributed by atoms with Gasteiger partial charge in [0.05, 0.1) is 30.4 Å². The van der Waals surface area contributed by atoms with Crippen LogP contribution in [0.1, 0.15) is 23.7 Å². The smallest absolute Gasteiger partial charge is 0.244 e. The van der Waals surface area contributed by atoms with Crippen molar-refractivity contribution in [2.75, 3.05) is 31.1 Å². The summed E-state index contributed by atoms with van der Waals surface area (Å²) < 4.78 is 19.0. The molecule has 0 aromatic heterocycles. The first-order chi connectivity index (χ1) is 13.2. The third-order valence-electron chi connectivity index (χ3n) is 5.27. The molecule has 2 aliphatic rings. The molecule has 2 aromatic carbocycles. The lowest BCUT2D eigenvalue weighted by Crippen LogP contribution is -2.48. The Bertz CT molecular complexity index is 860. The van der Waals surface area contributed by atoms with Gasteiger partial charge >= 0.3 is 0 Å². The molecule has 0 aliphatic carbocycles. The molecule has 0 bridgehead atoms. The van der Waals surface area contributed by atoms with Gasteiger partial charge in [0.1, 0.15) is 5.82 Å². The quantitative estimate of drug-likeness (QED) is 0.839. The van der Waals surface area contributed by atoms with E-state index in [4.69, 9.17) is 10.00 Å². The zero-order valence-corrected chi connectivity index (χ0v) is 14.8. The topological polar surface area (TPSA) is 56.6 Å². The number of carbonyl (C=O) groups is 1. The lowest BCUT2D eigenvalue weighted by Gasteiger charge is -2.36. The Morgan fingerprint density at radius 3 is 2.52 bits per heavy atom. The van der Waals surface area contributed by atoms with E-state index < -0.39 is 0 Å². The van der Waals surface area contributed by atoms with E-state index in [-0.39, 0.29) is 23.9 Å². The van der Waals surface area contributed by atoms with E-state index in [1.54, 1.807) is 29.2 Å². The molecule has 6 heteroatoms. The molecule has 2 aliphatic heterocycles. The lowest BCUT2D eigenvalue weighted by atomic mass is 10.1. The van der Waals surface area contributed by atoms with E-state index in [2.05, 4.69) is 11.0 Å². The van der Waals surface area contributed by atoms with Gasteiger partial charge in [0.25, 0.3) is 0 Å². The number of amides is 1. The maximum absolute atomic E-state index is 13.2. The van der Waals surface area contributed by atoms with Gasteiger partial charge in [-0.2, -0.15) is 5.26 Å². The number of anilines is 1. The number of morpholine rings is 1. The van der Waals surface area contributed by atoms with E-state index >= 15 is 0 Å². The van der Waals surface area contributed by atoms with Crippen molar-refractivity contribution < 1.29 is 13.9 Å². The monoisotopic (exact) mass is 365 g/mol. The first-order valence-electron chi connectivity index (χ1n) is 9.08. The molecule has 2 fully saturated rings. The third kappa shape index (κ3) is 3.57. The molecule has 0 spiro atoms. The Labute approximate surface area is 157 Å². The number of benzene rings is 2. The molecule has 1 amide bonds. The van der Waals surface area contributed by atoms with Gasteiger partial charge in [0, 0.05) is 25.3 Å². The Morgan fingerprint density at radius 1 is 1.07 bits per heavy atom. The number of hydrogen-bond acceptors (Lipinski definition) is 4. The van der Waals surface area contributed by atoms with Crippen LogP contribution in [-0.4, -0.2) is 43.1 Å². The van der Waals surface area contributed by atoms with Crippen molar-refractivity contribution in [3.05, 3.63) is 65.5 Å². The molecular formula is C21H20FN3O2. The molecule has 0 saturated carbocycles. The number of nitriles is 1. The van der Waals surface area contributed by atoms with Crippen LogP contribution in [0.25, 0.3) is 0 Å². The summed E-state index contributed by atoms with van der Waals surface area (Å²) in [6.45, 7) is 2.52. The van der Waals surface area contributed by atoms with Crippen molar-refractivity contribution in [2.24, 2.45) is 0 Å². The average molecular weight is 365 g/mol. The highest BCUT2D eigenvalue weighted by Gasteiger charge is 2.38. The molecule has 2 atom stereocenters. The number of ether oxygens (including phenoxy) is 1. The van der Waals surface area contributed by atoms with Crippen LogP contribution in [0.2, 0.25) is 0 Å². The molecule has 5 nitrogen and oxygen atoms in total. The normalized spacial score (nSPS) is 23.4. The summed E-state index contributed by atoms with van der Waals surface area (Å²) in [5, 5.41) is 8.92. The Hall–Kier alpha value is -2.75. The van der Waals surface area contributed by atoms with Gasteiger partial charge in [-0.1, -0.05) is 12.1 Å². The summed E-state index contributed by atoms with van der Waals surface area (Å²) in [4.78, 5) is 16.9. The van der Waals surface area contributed by atoms with E-state index in [9.17, 15) is 9.18 Å². The molecular weight excluding hydrogens is 345 g/mol. The predicted octanol–water partition coefficient (Wildman–Crippen LogP) is 2.88. The molecule has 2 saturated heterocycles. The van der Waals surface area contributed by atoms with Crippen molar-refractivity contribution >= 4 is 11.6 Å². The molecule has 27 heavy (non-hydrogen) atoms. The largest absolute Gasteiger partial charge is 0.371 e. The van der Waals surface area contributed by atoms with E-state index in [1.165, 1.54) is 12.1 Å². The second kappa shape index (κ2) is 7.47. The van der Waals surface area contributed by atoms with Gasteiger partial charge in [-0.25, -0.2) is 4.39 Å². The van der Waals surface area contributed by atoms with Crippen LogP contribution in [0.5, 0.6) is 0 Å². The Balaban J connectivity index is 1.46. The summed E-state index contributed by atoms with van der Waals surface area (Å²) in [6.07, 6.45) is 0.603. The van der Waals surface area contributed by atoms with Gasteiger partial charge in [-0.3, -0.25) is 9.69 Å². The summed E-state index contributed by atoms with van der Waals surface area (Å²) in [7, 11) is 0. The molecule has 2 heterocycles. The van der Waals surface area contributed by atoms with Crippen LogP contribution in [-0.2, 0) is 9.53 Å². The fourth-order valence-electron chi connectivity index (χ4n) is 3.81. The molecule has 0 radical (unpaired) electrons. The predicted molar refractivity (Wildman–Crippen MR) is 98.6 cm³/mol.